The smallest absolute Gasteiger partial charge is 0.338 e. The molecule has 4 aliphatic carbocycles. The van der Waals surface area contributed by atoms with Crippen molar-refractivity contribution in [1.82, 2.24) is 0 Å². The van der Waals surface area contributed by atoms with Crippen LogP contribution in [0.25, 0.3) is 0 Å². The van der Waals surface area contributed by atoms with E-state index in [0.717, 1.165) is 43.9 Å². The zero-order valence-electron chi connectivity index (χ0n) is 16.7. The zero-order valence-corrected chi connectivity index (χ0v) is 16.7. The second-order valence-electron chi connectivity index (χ2n) is 9.69. The predicted molar refractivity (Wildman–Crippen MR) is 108 cm³/mol. The molecule has 1 aromatic carbocycles. The molecule has 148 valence electrons. The summed E-state index contributed by atoms with van der Waals surface area (Å²) in [6.45, 7) is 2.37. The van der Waals surface area contributed by atoms with Crippen molar-refractivity contribution in [3.05, 3.63) is 47.5 Å². The Morgan fingerprint density at radius 2 is 1.82 bits per heavy atom. The third kappa shape index (κ3) is 2.86. The van der Waals surface area contributed by atoms with Gasteiger partial charge in [-0.2, -0.15) is 0 Å². The largest absolute Gasteiger partial charge is 0.458 e. The standard InChI is InChI=1S/C25H30O3/c1-25-14-13-20-19-10-8-18(26)15-17(19)7-9-21(20)22(25)11-12-23(25)28-24(27)16-5-3-2-4-6-16/h2-6,15,19-23H,7-14H2,1H3/t19-,20-,21+,22-,23-,25+/m1/s1. The fourth-order valence-electron chi connectivity index (χ4n) is 7.10. The summed E-state index contributed by atoms with van der Waals surface area (Å²) in [6.07, 6.45) is 10.6. The van der Waals surface area contributed by atoms with Crippen molar-refractivity contribution in [3.8, 4) is 0 Å². The van der Waals surface area contributed by atoms with Crippen LogP contribution in [-0.2, 0) is 9.53 Å². The van der Waals surface area contributed by atoms with Gasteiger partial charge in [-0.25, -0.2) is 4.79 Å². The first kappa shape index (κ1) is 18.1. The second kappa shape index (κ2) is 6.86. The molecule has 0 amide bonds. The molecular weight excluding hydrogens is 348 g/mol. The van der Waals surface area contributed by atoms with Crippen LogP contribution in [-0.4, -0.2) is 17.9 Å². The number of hydrogen-bond donors (Lipinski definition) is 0. The highest BCUT2D eigenvalue weighted by Gasteiger charge is 2.57. The third-order valence-corrected chi connectivity index (χ3v) is 8.47. The number of carbonyl (C=O) groups excluding carboxylic acids is 2. The molecule has 0 radical (unpaired) electrons. The molecule has 1 aromatic rings. The van der Waals surface area contributed by atoms with Crippen LogP contribution in [0.4, 0.5) is 0 Å². The number of esters is 1. The van der Waals surface area contributed by atoms with Gasteiger partial charge in [0.05, 0.1) is 5.56 Å². The molecule has 0 spiro atoms. The van der Waals surface area contributed by atoms with Crippen molar-refractivity contribution in [2.75, 3.05) is 0 Å². The Labute approximate surface area is 167 Å². The molecule has 3 heteroatoms. The van der Waals surface area contributed by atoms with E-state index in [1.165, 1.54) is 24.8 Å². The maximum Gasteiger partial charge on any atom is 0.338 e. The number of rotatable bonds is 2. The Morgan fingerprint density at radius 1 is 1.00 bits per heavy atom. The van der Waals surface area contributed by atoms with E-state index in [4.69, 9.17) is 4.74 Å². The van der Waals surface area contributed by atoms with E-state index in [0.29, 0.717) is 23.2 Å². The Hall–Kier alpha value is -1.90. The fourth-order valence-corrected chi connectivity index (χ4v) is 7.10. The van der Waals surface area contributed by atoms with Crippen LogP contribution in [0.5, 0.6) is 0 Å². The second-order valence-corrected chi connectivity index (χ2v) is 9.69. The van der Waals surface area contributed by atoms with Crippen molar-refractivity contribution >= 4 is 11.8 Å². The molecule has 0 saturated heterocycles. The molecule has 6 atom stereocenters. The Kier molecular flexibility index (Phi) is 4.45. The summed E-state index contributed by atoms with van der Waals surface area (Å²) in [7, 11) is 0. The van der Waals surface area contributed by atoms with Gasteiger partial charge < -0.3 is 4.74 Å². The van der Waals surface area contributed by atoms with E-state index < -0.39 is 0 Å². The van der Waals surface area contributed by atoms with Crippen LogP contribution < -0.4 is 0 Å². The average Bonchev–Trinajstić information content (AvgIpc) is 3.04. The molecule has 0 N–H and O–H groups in total. The monoisotopic (exact) mass is 378 g/mol. The van der Waals surface area contributed by atoms with E-state index >= 15 is 0 Å². The first-order valence-corrected chi connectivity index (χ1v) is 11.1. The first-order chi connectivity index (χ1) is 13.6. The van der Waals surface area contributed by atoms with Gasteiger partial charge in [0.2, 0.25) is 0 Å². The van der Waals surface area contributed by atoms with Crippen LogP contribution in [0.1, 0.15) is 68.6 Å². The molecular formula is C25H30O3. The van der Waals surface area contributed by atoms with E-state index in [1.807, 2.05) is 36.4 Å². The first-order valence-electron chi connectivity index (χ1n) is 11.1. The molecule has 28 heavy (non-hydrogen) atoms. The summed E-state index contributed by atoms with van der Waals surface area (Å²) < 4.78 is 6.08. The summed E-state index contributed by atoms with van der Waals surface area (Å²) in [4.78, 5) is 24.5. The quantitative estimate of drug-likeness (QED) is 0.651. The minimum atomic E-state index is -0.172. The van der Waals surface area contributed by atoms with Crippen molar-refractivity contribution in [3.63, 3.8) is 0 Å². The summed E-state index contributed by atoms with van der Waals surface area (Å²) in [5.41, 5.74) is 2.20. The summed E-state index contributed by atoms with van der Waals surface area (Å²) in [6, 6.07) is 9.39. The minimum Gasteiger partial charge on any atom is -0.458 e. The Morgan fingerprint density at radius 3 is 2.64 bits per heavy atom. The Bertz CT molecular complexity index is 810. The number of ether oxygens (including phenoxy) is 1. The number of ketones is 1. The molecule has 4 aliphatic rings. The van der Waals surface area contributed by atoms with Crippen LogP contribution in [0.2, 0.25) is 0 Å². The maximum absolute atomic E-state index is 12.7. The molecule has 3 nitrogen and oxygen atoms in total. The molecule has 0 bridgehead atoms. The molecule has 0 unspecified atom stereocenters. The molecule has 0 aromatic heterocycles. The van der Waals surface area contributed by atoms with Crippen LogP contribution in [0, 0.1) is 29.1 Å². The average molecular weight is 379 g/mol. The van der Waals surface area contributed by atoms with Gasteiger partial charge in [-0.15, -0.1) is 0 Å². The fraction of sp³-hybridized carbons (Fsp3) is 0.600. The van der Waals surface area contributed by atoms with Crippen LogP contribution in [0.15, 0.2) is 42.0 Å². The maximum atomic E-state index is 12.7. The van der Waals surface area contributed by atoms with Crippen LogP contribution >= 0.6 is 0 Å². The lowest BCUT2D eigenvalue weighted by Gasteiger charge is -2.53. The van der Waals surface area contributed by atoms with Gasteiger partial charge >= 0.3 is 5.97 Å². The Balaban J connectivity index is 1.34. The van der Waals surface area contributed by atoms with E-state index in [-0.39, 0.29) is 17.5 Å². The van der Waals surface area contributed by atoms with E-state index in [2.05, 4.69) is 6.92 Å². The third-order valence-electron chi connectivity index (χ3n) is 8.47. The summed E-state index contributed by atoms with van der Waals surface area (Å²) >= 11 is 0. The highest BCUT2D eigenvalue weighted by atomic mass is 16.5. The summed E-state index contributed by atoms with van der Waals surface area (Å²) in [5, 5.41) is 0. The van der Waals surface area contributed by atoms with Gasteiger partial charge in [0.15, 0.2) is 5.78 Å². The minimum absolute atomic E-state index is 0.0380. The normalized spacial score (nSPS) is 39.4. The molecule has 3 saturated carbocycles. The molecule has 3 fully saturated rings. The highest BCUT2D eigenvalue weighted by molar-refractivity contribution is 5.91. The zero-order chi connectivity index (χ0) is 19.3. The lowest BCUT2D eigenvalue weighted by Crippen LogP contribution is -2.48. The van der Waals surface area contributed by atoms with Gasteiger partial charge in [-0.05, 0) is 86.8 Å². The van der Waals surface area contributed by atoms with Crippen molar-refractivity contribution in [1.29, 1.82) is 0 Å². The van der Waals surface area contributed by atoms with Gasteiger partial charge in [0.25, 0.3) is 0 Å². The van der Waals surface area contributed by atoms with Crippen LogP contribution in [0.3, 0.4) is 0 Å². The number of allylic oxidation sites excluding steroid dienone is 1. The lowest BCUT2D eigenvalue weighted by molar-refractivity contribution is -0.116. The van der Waals surface area contributed by atoms with Gasteiger partial charge in [0, 0.05) is 11.8 Å². The van der Waals surface area contributed by atoms with Crippen molar-refractivity contribution < 1.29 is 14.3 Å². The molecule has 0 aliphatic heterocycles. The summed E-state index contributed by atoms with van der Waals surface area (Å²) in [5.74, 6) is 2.91. The van der Waals surface area contributed by atoms with Gasteiger partial charge in [-0.3, -0.25) is 4.79 Å². The lowest BCUT2D eigenvalue weighted by atomic mass is 9.52. The highest BCUT2D eigenvalue weighted by Crippen LogP contribution is 2.62. The number of fused-ring (bicyclic) bond motifs is 5. The molecule has 0 heterocycles. The van der Waals surface area contributed by atoms with Crippen molar-refractivity contribution in [2.24, 2.45) is 29.1 Å². The number of benzene rings is 1. The van der Waals surface area contributed by atoms with E-state index in [9.17, 15) is 9.59 Å². The molecule has 5 rings (SSSR count). The number of carbonyl (C=O) groups is 2. The van der Waals surface area contributed by atoms with E-state index in [1.54, 1.807) is 0 Å². The number of hydrogen-bond acceptors (Lipinski definition) is 3. The van der Waals surface area contributed by atoms with Crippen molar-refractivity contribution in [2.45, 2.75) is 64.4 Å². The topological polar surface area (TPSA) is 43.4 Å². The SMILES string of the molecule is C[C@]12CC[C@H]3[C@H](CCC4=CC(=O)CC[C@H]43)[C@H]1CC[C@H]2OC(=O)c1ccccc1. The van der Waals surface area contributed by atoms with Gasteiger partial charge in [-0.1, -0.05) is 30.7 Å². The predicted octanol–water partition coefficient (Wildman–Crippen LogP) is 5.35. The van der Waals surface area contributed by atoms with Gasteiger partial charge in [0.1, 0.15) is 6.10 Å².